The van der Waals surface area contributed by atoms with Gasteiger partial charge in [0.15, 0.2) is 0 Å². The van der Waals surface area contributed by atoms with E-state index in [4.69, 9.17) is 4.74 Å². The second-order valence-electron chi connectivity index (χ2n) is 4.88. The molecule has 0 saturated carbocycles. The maximum atomic E-state index is 11.5. The zero-order valence-electron chi connectivity index (χ0n) is 12.6. The van der Waals surface area contributed by atoms with Crippen LogP contribution < -0.4 is 0 Å². The quantitative estimate of drug-likeness (QED) is 0.730. The number of carbonyl (C=O) groups excluding carboxylic acids is 1. The first-order valence-corrected chi connectivity index (χ1v) is 6.98. The van der Waals surface area contributed by atoms with Crippen LogP contribution in [0.5, 0.6) is 0 Å². The summed E-state index contributed by atoms with van der Waals surface area (Å²) in [6.07, 6.45) is 2.03. The lowest BCUT2D eigenvalue weighted by Crippen LogP contribution is -2.27. The number of rotatable bonds is 7. The number of aromatic nitrogens is 2. The number of ether oxygens (including phenoxy) is 1. The lowest BCUT2D eigenvalue weighted by molar-refractivity contribution is -0.124. The SMILES string of the molecule is C=CC(=O)N(C)CCc1nc2ccccc2n1CCOC. The van der Waals surface area contributed by atoms with Gasteiger partial charge in [-0.1, -0.05) is 18.7 Å². The molecule has 0 bridgehead atoms. The van der Waals surface area contributed by atoms with Crippen molar-refractivity contribution in [2.75, 3.05) is 27.3 Å². The summed E-state index contributed by atoms with van der Waals surface area (Å²) < 4.78 is 7.33. The van der Waals surface area contributed by atoms with E-state index in [9.17, 15) is 4.79 Å². The van der Waals surface area contributed by atoms with Crippen LogP contribution in [-0.2, 0) is 22.5 Å². The Morgan fingerprint density at radius 2 is 2.24 bits per heavy atom. The second kappa shape index (κ2) is 7.04. The van der Waals surface area contributed by atoms with Gasteiger partial charge in [-0.3, -0.25) is 4.79 Å². The van der Waals surface area contributed by atoms with Gasteiger partial charge >= 0.3 is 0 Å². The van der Waals surface area contributed by atoms with Crippen LogP contribution in [0.25, 0.3) is 11.0 Å². The Balaban J connectivity index is 2.21. The van der Waals surface area contributed by atoms with E-state index in [1.165, 1.54) is 6.08 Å². The van der Waals surface area contributed by atoms with Gasteiger partial charge in [0.25, 0.3) is 0 Å². The van der Waals surface area contributed by atoms with Crippen LogP contribution in [-0.4, -0.2) is 47.7 Å². The third kappa shape index (κ3) is 3.49. The van der Waals surface area contributed by atoms with Gasteiger partial charge in [-0.05, 0) is 18.2 Å². The lowest BCUT2D eigenvalue weighted by Gasteiger charge is -2.15. The van der Waals surface area contributed by atoms with Crippen molar-refractivity contribution in [2.24, 2.45) is 0 Å². The van der Waals surface area contributed by atoms with Crippen LogP contribution >= 0.6 is 0 Å². The molecule has 1 heterocycles. The van der Waals surface area contributed by atoms with Gasteiger partial charge < -0.3 is 14.2 Å². The highest BCUT2D eigenvalue weighted by molar-refractivity contribution is 5.86. The minimum Gasteiger partial charge on any atom is -0.383 e. The van der Waals surface area contributed by atoms with Crippen molar-refractivity contribution in [2.45, 2.75) is 13.0 Å². The Labute approximate surface area is 124 Å². The summed E-state index contributed by atoms with van der Waals surface area (Å²) in [6.45, 7) is 5.50. The molecule has 112 valence electrons. The number of hydrogen-bond acceptors (Lipinski definition) is 3. The topological polar surface area (TPSA) is 47.4 Å². The van der Waals surface area contributed by atoms with Gasteiger partial charge in [0.05, 0.1) is 17.6 Å². The monoisotopic (exact) mass is 287 g/mol. The number of methoxy groups -OCH3 is 1. The smallest absolute Gasteiger partial charge is 0.245 e. The molecular weight excluding hydrogens is 266 g/mol. The first kappa shape index (κ1) is 15.3. The van der Waals surface area contributed by atoms with Crippen LogP contribution in [0.2, 0.25) is 0 Å². The van der Waals surface area contributed by atoms with Crippen LogP contribution in [0, 0.1) is 0 Å². The summed E-state index contributed by atoms with van der Waals surface area (Å²) >= 11 is 0. The Kier molecular flexibility index (Phi) is 5.11. The van der Waals surface area contributed by atoms with Crippen molar-refractivity contribution < 1.29 is 9.53 Å². The highest BCUT2D eigenvalue weighted by Crippen LogP contribution is 2.16. The number of amides is 1. The first-order chi connectivity index (χ1) is 10.2. The third-order valence-electron chi connectivity index (χ3n) is 3.47. The Hall–Kier alpha value is -2.14. The maximum Gasteiger partial charge on any atom is 0.245 e. The van der Waals surface area contributed by atoms with E-state index in [1.807, 2.05) is 18.2 Å². The molecule has 1 aromatic carbocycles. The zero-order valence-corrected chi connectivity index (χ0v) is 12.6. The fourth-order valence-corrected chi connectivity index (χ4v) is 2.28. The summed E-state index contributed by atoms with van der Waals surface area (Å²) in [7, 11) is 3.46. The maximum absolute atomic E-state index is 11.5. The predicted molar refractivity (Wildman–Crippen MR) is 83.1 cm³/mol. The second-order valence-corrected chi connectivity index (χ2v) is 4.88. The zero-order chi connectivity index (χ0) is 15.2. The molecule has 0 N–H and O–H groups in total. The average Bonchev–Trinajstić information content (AvgIpc) is 2.87. The number of likely N-dealkylation sites (N-methyl/N-ethyl adjacent to an activating group) is 1. The number of hydrogen-bond donors (Lipinski definition) is 0. The molecule has 0 unspecified atom stereocenters. The Bertz CT molecular complexity index is 633. The number of fused-ring (bicyclic) bond motifs is 1. The van der Waals surface area contributed by atoms with Crippen molar-refractivity contribution in [1.82, 2.24) is 14.5 Å². The van der Waals surface area contributed by atoms with Crippen LogP contribution in [0.4, 0.5) is 0 Å². The molecule has 2 rings (SSSR count). The molecule has 1 aromatic heterocycles. The molecule has 5 nitrogen and oxygen atoms in total. The molecule has 0 radical (unpaired) electrons. The number of benzene rings is 1. The normalized spacial score (nSPS) is 10.8. The predicted octanol–water partition coefficient (Wildman–Crippen LogP) is 1.87. The third-order valence-corrected chi connectivity index (χ3v) is 3.47. The average molecular weight is 287 g/mol. The molecule has 5 heteroatoms. The van der Waals surface area contributed by atoms with Gasteiger partial charge in [-0.25, -0.2) is 4.98 Å². The van der Waals surface area contributed by atoms with E-state index in [1.54, 1.807) is 19.1 Å². The minimum absolute atomic E-state index is 0.0745. The molecule has 0 spiro atoms. The van der Waals surface area contributed by atoms with Gasteiger partial charge in [0.1, 0.15) is 5.82 Å². The first-order valence-electron chi connectivity index (χ1n) is 6.98. The number of nitrogens with zero attached hydrogens (tertiary/aromatic N) is 3. The standard InChI is InChI=1S/C16H21N3O2/c1-4-16(20)18(2)10-9-15-17-13-7-5-6-8-14(13)19(15)11-12-21-3/h4-8H,1,9-12H2,2-3H3. The van der Waals surface area contributed by atoms with Crippen molar-refractivity contribution in [1.29, 1.82) is 0 Å². The van der Waals surface area contributed by atoms with Crippen molar-refractivity contribution in [3.8, 4) is 0 Å². The largest absolute Gasteiger partial charge is 0.383 e. The summed E-state index contributed by atoms with van der Waals surface area (Å²) in [5.41, 5.74) is 2.07. The van der Waals surface area contributed by atoms with E-state index >= 15 is 0 Å². The molecule has 0 aliphatic carbocycles. The summed E-state index contributed by atoms with van der Waals surface area (Å²) in [6, 6.07) is 8.04. The summed E-state index contributed by atoms with van der Waals surface area (Å²) in [4.78, 5) is 17.8. The Morgan fingerprint density at radius 3 is 2.95 bits per heavy atom. The summed E-state index contributed by atoms with van der Waals surface area (Å²) in [5, 5.41) is 0. The highest BCUT2D eigenvalue weighted by atomic mass is 16.5. The fraction of sp³-hybridized carbons (Fsp3) is 0.375. The van der Waals surface area contributed by atoms with Gasteiger partial charge in [-0.2, -0.15) is 0 Å². The van der Waals surface area contributed by atoms with Crippen molar-refractivity contribution >= 4 is 16.9 Å². The molecule has 0 aliphatic heterocycles. The van der Waals surface area contributed by atoms with Gasteiger partial charge in [0.2, 0.25) is 5.91 Å². The van der Waals surface area contributed by atoms with E-state index in [0.29, 0.717) is 19.6 Å². The van der Waals surface area contributed by atoms with E-state index in [-0.39, 0.29) is 5.91 Å². The minimum atomic E-state index is -0.0745. The van der Waals surface area contributed by atoms with Gasteiger partial charge in [0, 0.05) is 33.7 Å². The molecule has 2 aromatic rings. The molecule has 1 amide bonds. The molecule has 0 saturated heterocycles. The van der Waals surface area contributed by atoms with Crippen LogP contribution in [0.3, 0.4) is 0 Å². The number of imidazole rings is 1. The fourth-order valence-electron chi connectivity index (χ4n) is 2.28. The molecular formula is C16H21N3O2. The molecule has 0 atom stereocenters. The van der Waals surface area contributed by atoms with E-state index < -0.39 is 0 Å². The molecule has 21 heavy (non-hydrogen) atoms. The summed E-state index contributed by atoms with van der Waals surface area (Å²) in [5.74, 6) is 0.895. The van der Waals surface area contributed by atoms with E-state index in [2.05, 4.69) is 22.2 Å². The molecule has 0 fully saturated rings. The van der Waals surface area contributed by atoms with Gasteiger partial charge in [-0.15, -0.1) is 0 Å². The van der Waals surface area contributed by atoms with E-state index in [0.717, 1.165) is 23.4 Å². The molecule has 0 aliphatic rings. The van der Waals surface area contributed by atoms with Crippen molar-refractivity contribution in [3.05, 3.63) is 42.7 Å². The van der Waals surface area contributed by atoms with Crippen LogP contribution in [0.1, 0.15) is 5.82 Å². The van der Waals surface area contributed by atoms with Crippen LogP contribution in [0.15, 0.2) is 36.9 Å². The lowest BCUT2D eigenvalue weighted by atomic mass is 10.3. The highest BCUT2D eigenvalue weighted by Gasteiger charge is 2.12. The van der Waals surface area contributed by atoms with Crippen molar-refractivity contribution in [3.63, 3.8) is 0 Å². The number of para-hydroxylation sites is 2. The number of carbonyl (C=O) groups is 1. The Morgan fingerprint density at radius 1 is 1.48 bits per heavy atom.